The molecule has 3 nitrogen and oxygen atoms in total. The average Bonchev–Trinajstić information content (AvgIpc) is 2.71. The van der Waals surface area contributed by atoms with Gasteiger partial charge in [0.15, 0.2) is 5.79 Å². The number of hydrogen-bond acceptors (Lipinski definition) is 3. The van der Waals surface area contributed by atoms with Gasteiger partial charge in [0.05, 0.1) is 12.7 Å². The van der Waals surface area contributed by atoms with Crippen LogP contribution in [0.2, 0.25) is 0 Å². The number of aliphatic hydroxyl groups excluding tert-OH is 1. The highest BCUT2D eigenvalue weighted by molar-refractivity contribution is 5.27. The van der Waals surface area contributed by atoms with Crippen molar-refractivity contribution in [3.05, 3.63) is 12.2 Å². The summed E-state index contributed by atoms with van der Waals surface area (Å²) in [5.74, 6) is -0.130. The third kappa shape index (κ3) is 1.40. The Balaban J connectivity index is 1.63. The van der Waals surface area contributed by atoms with Gasteiger partial charge in [-0.25, -0.2) is 0 Å². The highest BCUT2D eigenvalue weighted by Gasteiger charge is 2.71. The van der Waals surface area contributed by atoms with E-state index >= 15 is 0 Å². The fraction of sp³-hybridized carbons (Fsp3) is 0.895. The summed E-state index contributed by atoms with van der Waals surface area (Å²) < 4.78 is 5.98. The summed E-state index contributed by atoms with van der Waals surface area (Å²) in [6, 6.07) is 0. The second kappa shape index (κ2) is 3.81. The van der Waals surface area contributed by atoms with Crippen molar-refractivity contribution in [1.29, 1.82) is 0 Å². The molecule has 2 spiro atoms. The van der Waals surface area contributed by atoms with Crippen LogP contribution in [0.25, 0.3) is 0 Å². The molecule has 6 rings (SSSR count). The first-order valence-corrected chi connectivity index (χ1v) is 9.08. The first kappa shape index (κ1) is 14.0. The van der Waals surface area contributed by atoms with Gasteiger partial charge in [0.1, 0.15) is 0 Å². The van der Waals surface area contributed by atoms with Gasteiger partial charge < -0.3 is 14.9 Å². The minimum absolute atomic E-state index is 0.0426. The van der Waals surface area contributed by atoms with E-state index in [2.05, 4.69) is 26.0 Å². The van der Waals surface area contributed by atoms with E-state index in [4.69, 9.17) is 4.74 Å². The molecule has 122 valence electrons. The lowest BCUT2D eigenvalue weighted by Crippen LogP contribution is -2.71. The Morgan fingerprint density at radius 1 is 1.18 bits per heavy atom. The maximum atomic E-state index is 11.0. The maximum absolute atomic E-state index is 11.0. The molecule has 0 amide bonds. The molecule has 5 fully saturated rings. The monoisotopic (exact) mass is 304 g/mol. The third-order valence-corrected chi connectivity index (χ3v) is 8.40. The summed E-state index contributed by atoms with van der Waals surface area (Å²) in [4.78, 5) is 0. The van der Waals surface area contributed by atoms with Crippen LogP contribution in [0.1, 0.15) is 52.4 Å². The van der Waals surface area contributed by atoms with Crippen LogP contribution in [0.3, 0.4) is 0 Å². The lowest BCUT2D eigenvalue weighted by Gasteiger charge is -2.69. The molecule has 2 saturated heterocycles. The Morgan fingerprint density at radius 3 is 2.73 bits per heavy atom. The smallest absolute Gasteiger partial charge is 0.168 e. The number of hydrogen-bond donors (Lipinski definition) is 2. The quantitative estimate of drug-likeness (QED) is 0.677. The summed E-state index contributed by atoms with van der Waals surface area (Å²) in [6.07, 6.45) is 11.0. The molecule has 8 atom stereocenters. The van der Waals surface area contributed by atoms with Gasteiger partial charge >= 0.3 is 0 Å². The van der Waals surface area contributed by atoms with Crippen LogP contribution in [0, 0.1) is 34.0 Å². The van der Waals surface area contributed by atoms with E-state index in [1.807, 2.05) is 0 Å². The summed E-state index contributed by atoms with van der Waals surface area (Å²) in [6.45, 7) is 5.12. The maximum Gasteiger partial charge on any atom is 0.168 e. The number of fused-ring (bicyclic) bond motifs is 3. The molecule has 0 radical (unpaired) electrons. The van der Waals surface area contributed by atoms with Crippen LogP contribution >= 0.6 is 0 Å². The van der Waals surface area contributed by atoms with Crippen LogP contribution in [-0.4, -0.2) is 28.7 Å². The van der Waals surface area contributed by atoms with E-state index < -0.39 is 5.79 Å². The van der Waals surface area contributed by atoms with E-state index in [1.165, 1.54) is 19.3 Å². The number of allylic oxidation sites excluding steroid dienone is 2. The molecule has 2 heterocycles. The lowest BCUT2D eigenvalue weighted by molar-refractivity contribution is -0.373. The van der Waals surface area contributed by atoms with Gasteiger partial charge in [0.2, 0.25) is 0 Å². The number of rotatable bonds is 0. The first-order valence-electron chi connectivity index (χ1n) is 9.08. The van der Waals surface area contributed by atoms with E-state index in [0.29, 0.717) is 17.9 Å². The van der Waals surface area contributed by atoms with Gasteiger partial charge in [-0.1, -0.05) is 26.0 Å². The van der Waals surface area contributed by atoms with Gasteiger partial charge in [0.25, 0.3) is 0 Å². The topological polar surface area (TPSA) is 49.7 Å². The Hall–Kier alpha value is -0.380. The van der Waals surface area contributed by atoms with Crippen LogP contribution in [0.4, 0.5) is 0 Å². The molecule has 22 heavy (non-hydrogen) atoms. The van der Waals surface area contributed by atoms with Gasteiger partial charge in [-0.3, -0.25) is 0 Å². The summed E-state index contributed by atoms with van der Waals surface area (Å²) >= 11 is 0. The molecular weight excluding hydrogens is 276 g/mol. The third-order valence-electron chi connectivity index (χ3n) is 8.40. The van der Waals surface area contributed by atoms with Crippen molar-refractivity contribution in [3.8, 4) is 0 Å². The molecule has 3 saturated carbocycles. The zero-order valence-corrected chi connectivity index (χ0v) is 13.7. The summed E-state index contributed by atoms with van der Waals surface area (Å²) in [5, 5.41) is 21.8. The van der Waals surface area contributed by atoms with Gasteiger partial charge in [-0.15, -0.1) is 0 Å². The summed E-state index contributed by atoms with van der Waals surface area (Å²) in [7, 11) is 0. The Kier molecular flexibility index (Phi) is 2.43. The van der Waals surface area contributed by atoms with Gasteiger partial charge in [-0.2, -0.15) is 0 Å². The second-order valence-electron chi connectivity index (χ2n) is 9.44. The molecule has 0 aromatic carbocycles. The van der Waals surface area contributed by atoms with Crippen molar-refractivity contribution in [2.45, 2.75) is 64.3 Å². The fourth-order valence-electron chi connectivity index (χ4n) is 7.51. The van der Waals surface area contributed by atoms with Crippen LogP contribution < -0.4 is 0 Å². The molecule has 2 N–H and O–H groups in total. The Morgan fingerprint density at radius 2 is 2.00 bits per heavy atom. The second-order valence-corrected chi connectivity index (χ2v) is 9.44. The SMILES string of the molecule is CC1C2C(O)CC34C=CC(C)(CCC3C23CCC1(O)OC3)C4. The van der Waals surface area contributed by atoms with E-state index in [1.54, 1.807) is 0 Å². The molecule has 8 unspecified atom stereocenters. The van der Waals surface area contributed by atoms with Crippen molar-refractivity contribution in [1.82, 2.24) is 0 Å². The highest BCUT2D eigenvalue weighted by atomic mass is 16.6. The van der Waals surface area contributed by atoms with Crippen molar-refractivity contribution in [3.63, 3.8) is 0 Å². The molecule has 3 heteroatoms. The minimum Gasteiger partial charge on any atom is -0.393 e. The highest BCUT2D eigenvalue weighted by Crippen LogP contribution is 2.72. The van der Waals surface area contributed by atoms with Gasteiger partial charge in [0, 0.05) is 23.7 Å². The zero-order valence-electron chi connectivity index (χ0n) is 13.7. The molecular formula is C19H28O3. The van der Waals surface area contributed by atoms with Crippen molar-refractivity contribution in [2.24, 2.45) is 34.0 Å². The van der Waals surface area contributed by atoms with Crippen LogP contribution in [0.5, 0.6) is 0 Å². The summed E-state index contributed by atoms with van der Waals surface area (Å²) in [5.41, 5.74) is 0.604. The molecule has 2 aliphatic heterocycles. The minimum atomic E-state index is -0.993. The Bertz CT molecular complexity index is 547. The molecule has 0 aromatic heterocycles. The normalized spacial score (nSPS) is 65.3. The Labute approximate surface area is 132 Å². The largest absolute Gasteiger partial charge is 0.393 e. The molecule has 4 bridgehead atoms. The fourth-order valence-corrected chi connectivity index (χ4v) is 7.51. The average molecular weight is 304 g/mol. The van der Waals surface area contributed by atoms with E-state index in [9.17, 15) is 10.2 Å². The van der Waals surface area contributed by atoms with Gasteiger partial charge in [-0.05, 0) is 48.9 Å². The lowest BCUT2D eigenvalue weighted by atomic mass is 9.40. The van der Waals surface area contributed by atoms with E-state index in [0.717, 1.165) is 19.3 Å². The van der Waals surface area contributed by atoms with Crippen molar-refractivity contribution in [2.75, 3.05) is 6.61 Å². The number of aliphatic hydroxyl groups is 2. The van der Waals surface area contributed by atoms with Crippen molar-refractivity contribution >= 4 is 0 Å². The van der Waals surface area contributed by atoms with Crippen LogP contribution in [-0.2, 0) is 4.74 Å². The zero-order chi connectivity index (χ0) is 15.4. The predicted octanol–water partition coefficient (Wildman–Crippen LogP) is 2.86. The van der Waals surface area contributed by atoms with Crippen molar-refractivity contribution < 1.29 is 14.9 Å². The molecule has 6 aliphatic rings. The number of ether oxygens (including phenoxy) is 1. The first-order chi connectivity index (χ1) is 10.3. The van der Waals surface area contributed by atoms with Crippen LogP contribution in [0.15, 0.2) is 12.2 Å². The predicted molar refractivity (Wildman–Crippen MR) is 82.9 cm³/mol. The molecule has 0 aromatic rings. The standard InChI is InChI=1S/C19H28O3/c1-12-15-13(20)9-17-6-5-16(2,10-17)4-3-14(17)18(15)7-8-19(12,21)22-11-18/h5-6,12-15,20-21H,3-4,7-11H2,1-2H3. The van der Waals surface area contributed by atoms with E-state index in [-0.39, 0.29) is 28.8 Å². The molecule has 4 aliphatic carbocycles.